The first-order valence-electron chi connectivity index (χ1n) is 13.5. The summed E-state index contributed by atoms with van der Waals surface area (Å²) >= 11 is 0. The third kappa shape index (κ3) is 4.48. The summed E-state index contributed by atoms with van der Waals surface area (Å²) in [5.74, 6) is 1.37. The molecule has 1 amide bonds. The molecule has 0 bridgehead atoms. The molecule has 37 heavy (non-hydrogen) atoms. The van der Waals surface area contributed by atoms with Gasteiger partial charge in [0.25, 0.3) is 5.91 Å². The van der Waals surface area contributed by atoms with Crippen molar-refractivity contribution in [3.05, 3.63) is 101 Å². The van der Waals surface area contributed by atoms with Gasteiger partial charge in [-0.3, -0.25) is 4.79 Å². The fourth-order valence-electron chi connectivity index (χ4n) is 5.79. The lowest BCUT2D eigenvalue weighted by molar-refractivity contribution is 0.0937. The van der Waals surface area contributed by atoms with Gasteiger partial charge in [-0.05, 0) is 60.4 Å². The predicted molar refractivity (Wildman–Crippen MR) is 149 cm³/mol. The van der Waals surface area contributed by atoms with Gasteiger partial charge in [-0.2, -0.15) is 0 Å². The van der Waals surface area contributed by atoms with Crippen LogP contribution < -0.4 is 10.2 Å². The number of aromatic nitrogens is 2. The molecule has 6 rings (SSSR count). The summed E-state index contributed by atoms with van der Waals surface area (Å²) < 4.78 is 0. The van der Waals surface area contributed by atoms with Gasteiger partial charge in [-0.25, -0.2) is 9.97 Å². The van der Waals surface area contributed by atoms with Crippen LogP contribution in [0.15, 0.2) is 79.0 Å². The van der Waals surface area contributed by atoms with Crippen LogP contribution in [0.5, 0.6) is 0 Å². The summed E-state index contributed by atoms with van der Waals surface area (Å²) in [4.78, 5) is 26.0. The van der Waals surface area contributed by atoms with Crippen molar-refractivity contribution in [3.8, 4) is 0 Å². The fraction of sp³-hybridized carbons (Fsp3) is 0.344. The van der Waals surface area contributed by atoms with Crippen molar-refractivity contribution in [1.29, 1.82) is 0 Å². The Bertz CT molecular complexity index is 1420. The number of nitrogens with zero attached hydrogens (tertiary/aromatic N) is 3. The van der Waals surface area contributed by atoms with Crippen molar-refractivity contribution >= 4 is 22.6 Å². The SMILES string of the molecule is CC1CCN(c2ncc(C(=O)NC(C)c3cccc4ccccc34)c(C3(c4ccccc4)CC3)n2)CC1. The number of nitrogens with one attached hydrogen (secondary N) is 1. The highest BCUT2D eigenvalue weighted by atomic mass is 16.1. The Labute approximate surface area is 219 Å². The van der Waals surface area contributed by atoms with E-state index in [1.807, 2.05) is 25.1 Å². The zero-order valence-corrected chi connectivity index (χ0v) is 21.7. The van der Waals surface area contributed by atoms with Crippen LogP contribution in [0.2, 0.25) is 0 Å². The normalized spacial score (nSPS) is 17.9. The van der Waals surface area contributed by atoms with E-state index in [2.05, 4.69) is 71.7 Å². The van der Waals surface area contributed by atoms with Crippen molar-refractivity contribution in [1.82, 2.24) is 15.3 Å². The topological polar surface area (TPSA) is 58.1 Å². The average Bonchev–Trinajstić information content (AvgIpc) is 3.75. The summed E-state index contributed by atoms with van der Waals surface area (Å²) in [7, 11) is 0. The molecular weight excluding hydrogens is 456 g/mol. The quantitative estimate of drug-likeness (QED) is 0.338. The lowest BCUT2D eigenvalue weighted by atomic mass is 9.89. The molecule has 0 spiro atoms. The van der Waals surface area contributed by atoms with Gasteiger partial charge in [-0.15, -0.1) is 0 Å². The van der Waals surface area contributed by atoms with Crippen LogP contribution in [0.25, 0.3) is 10.8 Å². The minimum Gasteiger partial charge on any atom is -0.345 e. The van der Waals surface area contributed by atoms with Gasteiger partial charge in [0, 0.05) is 24.7 Å². The first-order valence-corrected chi connectivity index (χ1v) is 13.5. The summed E-state index contributed by atoms with van der Waals surface area (Å²) in [5, 5.41) is 5.60. The summed E-state index contributed by atoms with van der Waals surface area (Å²) in [6.45, 7) is 6.28. The minimum atomic E-state index is -0.225. The van der Waals surface area contributed by atoms with Crippen LogP contribution >= 0.6 is 0 Å². The van der Waals surface area contributed by atoms with Crippen LogP contribution in [0.3, 0.4) is 0 Å². The first-order chi connectivity index (χ1) is 18.0. The number of piperidine rings is 1. The van der Waals surface area contributed by atoms with Gasteiger partial charge >= 0.3 is 0 Å². The molecule has 2 aliphatic rings. The van der Waals surface area contributed by atoms with E-state index in [-0.39, 0.29) is 17.4 Å². The number of fused-ring (bicyclic) bond motifs is 1. The Morgan fingerprint density at radius 1 is 0.973 bits per heavy atom. The smallest absolute Gasteiger partial charge is 0.255 e. The lowest BCUT2D eigenvalue weighted by Crippen LogP contribution is -2.35. The number of carbonyl (C=O) groups excluding carboxylic acids is 1. The third-order valence-corrected chi connectivity index (χ3v) is 8.25. The highest BCUT2D eigenvalue weighted by Crippen LogP contribution is 2.54. The van der Waals surface area contributed by atoms with E-state index in [1.165, 1.54) is 10.9 Å². The summed E-state index contributed by atoms with van der Waals surface area (Å²) in [5.41, 5.74) is 3.56. The van der Waals surface area contributed by atoms with Crippen LogP contribution in [-0.4, -0.2) is 29.0 Å². The Hall–Kier alpha value is -3.73. The molecule has 1 N–H and O–H groups in total. The Balaban J connectivity index is 1.36. The number of rotatable bonds is 6. The van der Waals surface area contributed by atoms with E-state index < -0.39 is 0 Å². The van der Waals surface area contributed by atoms with Crippen molar-refractivity contribution < 1.29 is 4.79 Å². The van der Waals surface area contributed by atoms with E-state index in [9.17, 15) is 4.79 Å². The minimum absolute atomic E-state index is 0.114. The molecule has 4 aromatic rings. The molecule has 2 fully saturated rings. The van der Waals surface area contributed by atoms with E-state index in [0.29, 0.717) is 5.56 Å². The first kappa shape index (κ1) is 23.7. The number of anilines is 1. The van der Waals surface area contributed by atoms with E-state index in [4.69, 9.17) is 9.97 Å². The van der Waals surface area contributed by atoms with Crippen molar-refractivity contribution in [2.45, 2.75) is 51.0 Å². The van der Waals surface area contributed by atoms with Crippen LogP contribution in [0.1, 0.15) is 72.8 Å². The zero-order valence-electron chi connectivity index (χ0n) is 21.7. The van der Waals surface area contributed by atoms with Gasteiger partial charge < -0.3 is 10.2 Å². The number of carbonyl (C=O) groups is 1. The molecular formula is C32H34N4O. The Morgan fingerprint density at radius 2 is 1.68 bits per heavy atom. The Morgan fingerprint density at radius 3 is 2.43 bits per heavy atom. The van der Waals surface area contributed by atoms with Crippen molar-refractivity contribution in [2.75, 3.05) is 18.0 Å². The molecule has 1 unspecified atom stereocenters. The fourth-order valence-corrected chi connectivity index (χ4v) is 5.79. The van der Waals surface area contributed by atoms with E-state index in [0.717, 1.165) is 67.3 Å². The van der Waals surface area contributed by atoms with Crippen molar-refractivity contribution in [2.24, 2.45) is 5.92 Å². The van der Waals surface area contributed by atoms with Crippen LogP contribution in [0, 0.1) is 5.92 Å². The zero-order chi connectivity index (χ0) is 25.4. The molecule has 1 aliphatic heterocycles. The highest BCUT2D eigenvalue weighted by Gasteiger charge is 2.49. The van der Waals surface area contributed by atoms with Gasteiger partial charge in [0.1, 0.15) is 0 Å². The average molecular weight is 491 g/mol. The largest absolute Gasteiger partial charge is 0.345 e. The predicted octanol–water partition coefficient (Wildman–Crippen LogP) is 6.44. The molecule has 3 aromatic carbocycles. The number of amides is 1. The monoisotopic (exact) mass is 490 g/mol. The molecule has 2 heterocycles. The lowest BCUT2D eigenvalue weighted by Gasteiger charge is -2.31. The summed E-state index contributed by atoms with van der Waals surface area (Å²) in [6.07, 6.45) is 6.04. The molecule has 5 heteroatoms. The molecule has 5 nitrogen and oxygen atoms in total. The molecule has 1 aliphatic carbocycles. The van der Waals surface area contributed by atoms with Gasteiger partial charge in [0.05, 0.1) is 17.3 Å². The standard InChI is InChI=1S/C32H34N4O/c1-22-15-19-36(20-16-22)31-33-21-28(29(35-31)32(17-18-32)25-11-4-3-5-12-25)30(37)34-23(2)26-14-8-10-24-9-6-7-13-27(24)26/h3-14,21-23H,15-20H2,1-2H3,(H,34,37). The van der Waals surface area contributed by atoms with Crippen molar-refractivity contribution in [3.63, 3.8) is 0 Å². The summed E-state index contributed by atoms with van der Waals surface area (Å²) in [6, 6.07) is 24.9. The van der Waals surface area contributed by atoms with Crippen LogP contribution in [-0.2, 0) is 5.41 Å². The second-order valence-corrected chi connectivity index (χ2v) is 10.8. The second-order valence-electron chi connectivity index (χ2n) is 10.8. The Kier molecular flexibility index (Phi) is 6.15. The van der Waals surface area contributed by atoms with Gasteiger partial charge in [0.15, 0.2) is 0 Å². The highest BCUT2D eigenvalue weighted by molar-refractivity contribution is 5.96. The molecule has 1 saturated carbocycles. The molecule has 1 atom stereocenters. The van der Waals surface area contributed by atoms with Crippen LogP contribution in [0.4, 0.5) is 5.95 Å². The van der Waals surface area contributed by atoms with Gasteiger partial charge in [-0.1, -0.05) is 79.7 Å². The van der Waals surface area contributed by atoms with E-state index in [1.54, 1.807) is 6.20 Å². The number of benzene rings is 3. The molecule has 1 saturated heterocycles. The van der Waals surface area contributed by atoms with Gasteiger partial charge in [0.2, 0.25) is 5.95 Å². The van der Waals surface area contributed by atoms with E-state index >= 15 is 0 Å². The number of hydrogen-bond donors (Lipinski definition) is 1. The maximum absolute atomic E-state index is 13.8. The molecule has 0 radical (unpaired) electrons. The molecule has 1 aromatic heterocycles. The maximum Gasteiger partial charge on any atom is 0.255 e. The maximum atomic E-state index is 13.8. The number of hydrogen-bond acceptors (Lipinski definition) is 4. The third-order valence-electron chi connectivity index (χ3n) is 8.25. The second kappa shape index (κ2) is 9.62. The molecule has 188 valence electrons.